The number of fused-ring (bicyclic) bond motifs is 3. The molecule has 21 heavy (non-hydrogen) atoms. The number of halogens is 1. The van der Waals surface area contributed by atoms with Crippen molar-refractivity contribution in [2.45, 2.75) is 19.9 Å². The molecule has 0 saturated heterocycles. The van der Waals surface area contributed by atoms with Crippen LogP contribution in [0.25, 0.3) is 5.65 Å². The lowest BCUT2D eigenvalue weighted by atomic mass is 10.1. The van der Waals surface area contributed by atoms with Crippen molar-refractivity contribution in [3.63, 3.8) is 0 Å². The number of hydrogen-bond acceptors (Lipinski definition) is 2. The molecular weight excluding hydrogens is 326 g/mol. The molecule has 0 bridgehead atoms. The molecule has 1 aromatic carbocycles. The highest BCUT2D eigenvalue weighted by molar-refractivity contribution is 9.10. The lowest BCUT2D eigenvalue weighted by molar-refractivity contribution is 0.702. The fourth-order valence-electron chi connectivity index (χ4n) is 3.09. The number of benzene rings is 1. The number of rotatable bonds is 1. The van der Waals surface area contributed by atoms with E-state index in [2.05, 4.69) is 74.7 Å². The van der Waals surface area contributed by atoms with E-state index in [1.54, 1.807) is 0 Å². The van der Waals surface area contributed by atoms with Crippen LogP contribution in [0, 0.1) is 6.92 Å². The largest absolute Gasteiger partial charge is 0.365 e. The third-order valence-corrected chi connectivity index (χ3v) is 4.57. The molecule has 0 unspecified atom stereocenters. The molecule has 3 aromatic rings. The molecule has 0 radical (unpaired) electrons. The summed E-state index contributed by atoms with van der Waals surface area (Å²) in [4.78, 5) is 7.26. The molecule has 0 aliphatic carbocycles. The number of hydrogen-bond donors (Lipinski definition) is 0. The predicted molar refractivity (Wildman–Crippen MR) is 88.8 cm³/mol. The minimum absolute atomic E-state index is 0.913. The molecule has 4 heteroatoms. The van der Waals surface area contributed by atoms with Gasteiger partial charge in [-0.1, -0.05) is 18.2 Å². The van der Waals surface area contributed by atoms with Crippen LogP contribution in [0.5, 0.6) is 0 Å². The van der Waals surface area contributed by atoms with Gasteiger partial charge in [-0.05, 0) is 46.6 Å². The first kappa shape index (κ1) is 12.9. The van der Waals surface area contributed by atoms with E-state index >= 15 is 0 Å². The summed E-state index contributed by atoms with van der Waals surface area (Å²) in [5.41, 5.74) is 6.13. The minimum Gasteiger partial charge on any atom is -0.365 e. The Bertz CT molecular complexity index is 808. The summed E-state index contributed by atoms with van der Waals surface area (Å²) < 4.78 is 3.34. The zero-order chi connectivity index (χ0) is 14.4. The molecule has 0 saturated carbocycles. The van der Waals surface area contributed by atoms with Crippen LogP contribution in [0.1, 0.15) is 17.0 Å². The van der Waals surface area contributed by atoms with Gasteiger partial charge in [-0.2, -0.15) is 0 Å². The molecule has 4 rings (SSSR count). The number of anilines is 1. The summed E-state index contributed by atoms with van der Waals surface area (Å²) in [6.07, 6.45) is 3.13. The van der Waals surface area contributed by atoms with E-state index in [0.29, 0.717) is 0 Å². The SMILES string of the molecule is Cc1cc(Br)cn2c3c(nc12)CCN(c1ccccc1)C3. The maximum atomic E-state index is 4.84. The average Bonchev–Trinajstić information content (AvgIpc) is 2.86. The fourth-order valence-corrected chi connectivity index (χ4v) is 3.64. The van der Waals surface area contributed by atoms with Gasteiger partial charge in [0.2, 0.25) is 0 Å². The van der Waals surface area contributed by atoms with E-state index < -0.39 is 0 Å². The van der Waals surface area contributed by atoms with E-state index in [-0.39, 0.29) is 0 Å². The Morgan fingerprint density at radius 2 is 2.00 bits per heavy atom. The molecular formula is C17H16BrN3. The van der Waals surface area contributed by atoms with Gasteiger partial charge in [-0.15, -0.1) is 0 Å². The molecule has 0 fully saturated rings. The Kier molecular flexibility index (Phi) is 3.00. The summed E-state index contributed by atoms with van der Waals surface area (Å²) in [6.45, 7) is 4.06. The monoisotopic (exact) mass is 341 g/mol. The smallest absolute Gasteiger partial charge is 0.140 e. The summed E-state index contributed by atoms with van der Waals surface area (Å²) >= 11 is 3.59. The lowest BCUT2D eigenvalue weighted by Gasteiger charge is -2.28. The van der Waals surface area contributed by atoms with Crippen molar-refractivity contribution in [2.24, 2.45) is 0 Å². The molecule has 1 aliphatic rings. The summed E-state index contributed by atoms with van der Waals surface area (Å²) in [6, 6.07) is 12.7. The maximum absolute atomic E-state index is 4.84. The average molecular weight is 342 g/mol. The molecule has 3 nitrogen and oxygen atoms in total. The fraction of sp³-hybridized carbons (Fsp3) is 0.235. The molecule has 106 valence electrons. The van der Waals surface area contributed by atoms with Gasteiger partial charge in [-0.3, -0.25) is 0 Å². The maximum Gasteiger partial charge on any atom is 0.140 e. The van der Waals surface area contributed by atoms with Gasteiger partial charge < -0.3 is 9.30 Å². The lowest BCUT2D eigenvalue weighted by Crippen LogP contribution is -2.30. The standard InChI is InChI=1S/C17H16BrN3/c1-12-9-13(18)10-21-16-11-20(14-5-3-2-4-6-14)8-7-15(16)19-17(12)21/h2-6,9-10H,7-8,11H2,1H3. The Hall–Kier alpha value is -1.81. The Morgan fingerprint density at radius 3 is 2.81 bits per heavy atom. The molecule has 2 aromatic heterocycles. The molecule has 1 aliphatic heterocycles. The van der Waals surface area contributed by atoms with Crippen molar-refractivity contribution >= 4 is 27.3 Å². The Balaban J connectivity index is 1.81. The predicted octanol–water partition coefficient (Wildman–Crippen LogP) is 3.97. The number of nitrogens with zero attached hydrogens (tertiary/aromatic N) is 3. The quantitative estimate of drug-likeness (QED) is 0.667. The molecule has 0 atom stereocenters. The highest BCUT2D eigenvalue weighted by Crippen LogP contribution is 2.27. The van der Waals surface area contributed by atoms with Gasteiger partial charge in [0, 0.05) is 29.3 Å². The topological polar surface area (TPSA) is 20.5 Å². The van der Waals surface area contributed by atoms with Crippen LogP contribution < -0.4 is 4.90 Å². The van der Waals surface area contributed by atoms with Crippen molar-refractivity contribution in [2.75, 3.05) is 11.4 Å². The van der Waals surface area contributed by atoms with Crippen molar-refractivity contribution in [3.8, 4) is 0 Å². The summed E-state index contributed by atoms with van der Waals surface area (Å²) in [5, 5.41) is 0. The van der Waals surface area contributed by atoms with Gasteiger partial charge in [0.1, 0.15) is 5.65 Å². The summed E-state index contributed by atoms with van der Waals surface area (Å²) in [5.74, 6) is 0. The van der Waals surface area contributed by atoms with Gasteiger partial charge in [-0.25, -0.2) is 4.98 Å². The number of imidazole rings is 1. The number of aryl methyl sites for hydroxylation is 1. The first-order valence-corrected chi connectivity index (χ1v) is 7.97. The second-order valence-corrected chi connectivity index (χ2v) is 6.46. The van der Waals surface area contributed by atoms with E-state index in [4.69, 9.17) is 4.98 Å². The van der Waals surface area contributed by atoms with Crippen LogP contribution >= 0.6 is 15.9 Å². The van der Waals surface area contributed by atoms with Crippen LogP contribution in [0.3, 0.4) is 0 Å². The second-order valence-electron chi connectivity index (χ2n) is 5.55. The van der Waals surface area contributed by atoms with E-state index in [9.17, 15) is 0 Å². The van der Waals surface area contributed by atoms with E-state index in [1.165, 1.54) is 22.6 Å². The van der Waals surface area contributed by atoms with E-state index in [1.807, 2.05) is 0 Å². The van der Waals surface area contributed by atoms with Crippen molar-refractivity contribution in [1.29, 1.82) is 0 Å². The van der Waals surface area contributed by atoms with E-state index in [0.717, 1.165) is 29.6 Å². The zero-order valence-electron chi connectivity index (χ0n) is 11.9. The highest BCUT2D eigenvalue weighted by atomic mass is 79.9. The van der Waals surface area contributed by atoms with Crippen molar-refractivity contribution in [3.05, 3.63) is 64.0 Å². The minimum atomic E-state index is 0.913. The third kappa shape index (κ3) is 2.14. The van der Waals surface area contributed by atoms with Crippen LogP contribution in [-0.4, -0.2) is 15.9 Å². The highest BCUT2D eigenvalue weighted by Gasteiger charge is 2.22. The van der Waals surface area contributed by atoms with Gasteiger partial charge in [0.25, 0.3) is 0 Å². The molecule has 0 N–H and O–H groups in total. The molecule has 0 amide bonds. The second kappa shape index (κ2) is 4.88. The van der Waals surface area contributed by atoms with Crippen LogP contribution in [0.15, 0.2) is 47.1 Å². The zero-order valence-corrected chi connectivity index (χ0v) is 13.5. The first-order valence-electron chi connectivity index (χ1n) is 7.18. The molecule has 3 heterocycles. The third-order valence-electron chi connectivity index (χ3n) is 4.13. The Labute approximate surface area is 132 Å². The Morgan fingerprint density at radius 1 is 1.19 bits per heavy atom. The number of para-hydroxylation sites is 1. The molecule has 0 spiro atoms. The normalized spacial score (nSPS) is 14.5. The first-order chi connectivity index (χ1) is 10.2. The van der Waals surface area contributed by atoms with Gasteiger partial charge in [0.05, 0.1) is 17.9 Å². The number of pyridine rings is 1. The van der Waals surface area contributed by atoms with Crippen molar-refractivity contribution < 1.29 is 0 Å². The summed E-state index contributed by atoms with van der Waals surface area (Å²) in [7, 11) is 0. The van der Waals surface area contributed by atoms with Crippen LogP contribution in [-0.2, 0) is 13.0 Å². The van der Waals surface area contributed by atoms with Gasteiger partial charge in [0.15, 0.2) is 0 Å². The number of aromatic nitrogens is 2. The van der Waals surface area contributed by atoms with Crippen LogP contribution in [0.2, 0.25) is 0 Å². The van der Waals surface area contributed by atoms with Crippen molar-refractivity contribution in [1.82, 2.24) is 9.38 Å². The van der Waals surface area contributed by atoms with Gasteiger partial charge >= 0.3 is 0 Å². The van der Waals surface area contributed by atoms with Crippen LogP contribution in [0.4, 0.5) is 5.69 Å².